The zero-order valence-corrected chi connectivity index (χ0v) is 13.7. The molecule has 0 fully saturated rings. The topological polar surface area (TPSA) is 87.4 Å². The zero-order chi connectivity index (χ0) is 16.2. The molecule has 1 aromatic carbocycles. The van der Waals surface area contributed by atoms with Crippen molar-refractivity contribution in [3.8, 4) is 5.69 Å². The Bertz CT molecular complexity index is 809. The first-order valence-electron chi connectivity index (χ1n) is 6.77. The maximum absolute atomic E-state index is 5.88. The summed E-state index contributed by atoms with van der Waals surface area (Å²) in [5.74, 6) is 0.986. The third kappa shape index (κ3) is 3.54. The fourth-order valence-electron chi connectivity index (χ4n) is 1.93. The molecule has 2 aromatic heterocycles. The largest absolute Gasteiger partial charge is 0.368 e. The van der Waals surface area contributed by atoms with Gasteiger partial charge in [0.2, 0.25) is 5.95 Å². The van der Waals surface area contributed by atoms with Gasteiger partial charge in [-0.15, -0.1) is 21.9 Å². The molecule has 0 saturated carbocycles. The lowest BCUT2D eigenvalue weighted by atomic mass is 10.3. The van der Waals surface area contributed by atoms with Crippen molar-refractivity contribution >= 4 is 29.3 Å². The summed E-state index contributed by atoms with van der Waals surface area (Å²) in [5.41, 5.74) is 7.50. The van der Waals surface area contributed by atoms with Crippen molar-refractivity contribution in [2.75, 3.05) is 5.73 Å². The second kappa shape index (κ2) is 6.84. The molecule has 3 aromatic rings. The number of anilines is 1. The van der Waals surface area contributed by atoms with Gasteiger partial charge in [-0.3, -0.25) is 4.57 Å². The predicted octanol–water partition coefficient (Wildman–Crippen LogP) is 2.57. The Hall–Kier alpha value is -2.32. The molecule has 2 heterocycles. The fraction of sp³-hybridized carbons (Fsp3) is 0.143. The lowest BCUT2D eigenvalue weighted by Gasteiger charge is -2.03. The van der Waals surface area contributed by atoms with Crippen LogP contribution in [-0.2, 0) is 12.3 Å². The predicted molar refractivity (Wildman–Crippen MR) is 90.6 cm³/mol. The van der Waals surface area contributed by atoms with Crippen molar-refractivity contribution in [1.29, 1.82) is 0 Å². The first-order chi connectivity index (χ1) is 11.2. The number of hydrogen-bond acceptors (Lipinski definition) is 6. The number of allylic oxidation sites excluding steroid dienone is 1. The van der Waals surface area contributed by atoms with Crippen LogP contribution >= 0.6 is 23.4 Å². The second-order valence-electron chi connectivity index (χ2n) is 4.66. The van der Waals surface area contributed by atoms with Gasteiger partial charge in [0.05, 0.1) is 17.6 Å². The van der Waals surface area contributed by atoms with Gasteiger partial charge < -0.3 is 5.73 Å². The monoisotopic (exact) mass is 347 g/mol. The first kappa shape index (κ1) is 15.6. The van der Waals surface area contributed by atoms with Crippen LogP contribution in [0.2, 0.25) is 5.02 Å². The number of benzene rings is 1. The minimum absolute atomic E-state index is 0.372. The summed E-state index contributed by atoms with van der Waals surface area (Å²) in [4.78, 5) is 0. The standard InChI is InChI=1S/C14H14ClN7S/c1-2-7-21-13(16)18-19-14(21)23-9-11-8-22(20-17-11)12-5-3-10(15)4-6-12/h2-6,8H,1,7,9H2,(H2,16,18). The number of aromatic nitrogens is 6. The molecule has 3 rings (SSSR count). The summed E-state index contributed by atoms with van der Waals surface area (Å²) in [5, 5.41) is 17.6. The summed E-state index contributed by atoms with van der Waals surface area (Å²) in [6.45, 7) is 4.27. The molecule has 2 N–H and O–H groups in total. The van der Waals surface area contributed by atoms with E-state index in [0.717, 1.165) is 16.5 Å². The SMILES string of the molecule is C=CCn1c(N)nnc1SCc1cn(-c2ccc(Cl)cc2)nn1. The van der Waals surface area contributed by atoms with E-state index >= 15 is 0 Å². The minimum Gasteiger partial charge on any atom is -0.368 e. The van der Waals surface area contributed by atoms with Crippen molar-refractivity contribution in [2.24, 2.45) is 0 Å². The molecular formula is C14H14ClN7S. The number of nitrogens with two attached hydrogens (primary N) is 1. The smallest absolute Gasteiger partial charge is 0.222 e. The first-order valence-corrected chi connectivity index (χ1v) is 8.13. The Morgan fingerprint density at radius 2 is 2.00 bits per heavy atom. The molecule has 0 amide bonds. The number of nitrogens with zero attached hydrogens (tertiary/aromatic N) is 6. The van der Waals surface area contributed by atoms with Gasteiger partial charge >= 0.3 is 0 Å². The van der Waals surface area contributed by atoms with E-state index in [2.05, 4.69) is 27.1 Å². The van der Waals surface area contributed by atoms with Gasteiger partial charge in [0.15, 0.2) is 5.16 Å². The summed E-state index contributed by atoms with van der Waals surface area (Å²) in [6, 6.07) is 7.39. The second-order valence-corrected chi connectivity index (χ2v) is 6.04. The minimum atomic E-state index is 0.372. The van der Waals surface area contributed by atoms with E-state index in [-0.39, 0.29) is 0 Å². The summed E-state index contributed by atoms with van der Waals surface area (Å²) in [6.07, 6.45) is 3.62. The molecule has 9 heteroatoms. The van der Waals surface area contributed by atoms with Crippen LogP contribution in [0.3, 0.4) is 0 Å². The van der Waals surface area contributed by atoms with Crippen LogP contribution < -0.4 is 5.73 Å². The van der Waals surface area contributed by atoms with Crippen LogP contribution in [0.25, 0.3) is 5.69 Å². The van der Waals surface area contributed by atoms with Crippen LogP contribution in [0.5, 0.6) is 0 Å². The maximum atomic E-state index is 5.88. The van der Waals surface area contributed by atoms with E-state index in [1.54, 1.807) is 15.3 Å². The van der Waals surface area contributed by atoms with Gasteiger partial charge in [-0.2, -0.15) is 0 Å². The lowest BCUT2D eigenvalue weighted by molar-refractivity contribution is 0.733. The van der Waals surface area contributed by atoms with Crippen molar-refractivity contribution in [3.05, 3.63) is 53.8 Å². The Balaban J connectivity index is 1.70. The average molecular weight is 348 g/mol. The van der Waals surface area contributed by atoms with E-state index in [1.165, 1.54) is 11.8 Å². The molecule has 0 radical (unpaired) electrons. The van der Waals surface area contributed by atoms with Gasteiger partial charge in [0.1, 0.15) is 0 Å². The molecule has 0 atom stereocenters. The van der Waals surface area contributed by atoms with Crippen molar-refractivity contribution in [3.63, 3.8) is 0 Å². The van der Waals surface area contributed by atoms with Gasteiger partial charge in [0, 0.05) is 17.3 Å². The molecule has 7 nitrogen and oxygen atoms in total. The number of thioether (sulfide) groups is 1. The third-order valence-corrected chi connectivity index (χ3v) is 4.29. The molecule has 0 aliphatic heterocycles. The van der Waals surface area contributed by atoms with Crippen LogP contribution in [0, 0.1) is 0 Å². The highest BCUT2D eigenvalue weighted by Crippen LogP contribution is 2.22. The van der Waals surface area contributed by atoms with Crippen molar-refractivity contribution in [2.45, 2.75) is 17.5 Å². The molecule has 23 heavy (non-hydrogen) atoms. The molecule has 0 bridgehead atoms. The van der Waals surface area contributed by atoms with E-state index in [0.29, 0.717) is 23.3 Å². The maximum Gasteiger partial charge on any atom is 0.222 e. The van der Waals surface area contributed by atoms with Crippen molar-refractivity contribution < 1.29 is 0 Å². The quantitative estimate of drug-likeness (QED) is 0.544. The molecule has 0 saturated heterocycles. The molecule has 0 aliphatic carbocycles. The summed E-state index contributed by atoms with van der Waals surface area (Å²) in [7, 11) is 0. The fourth-order valence-corrected chi connectivity index (χ4v) is 2.89. The normalized spacial score (nSPS) is 10.8. The Kier molecular flexibility index (Phi) is 4.63. The van der Waals surface area contributed by atoms with Gasteiger partial charge in [-0.1, -0.05) is 34.7 Å². The Morgan fingerprint density at radius 1 is 1.22 bits per heavy atom. The lowest BCUT2D eigenvalue weighted by Crippen LogP contribution is -2.03. The van der Waals surface area contributed by atoms with Crippen molar-refractivity contribution in [1.82, 2.24) is 29.8 Å². The number of halogens is 1. The van der Waals surface area contributed by atoms with Gasteiger partial charge in [-0.05, 0) is 24.3 Å². The zero-order valence-electron chi connectivity index (χ0n) is 12.1. The van der Waals surface area contributed by atoms with Gasteiger partial charge in [0.25, 0.3) is 0 Å². The van der Waals surface area contributed by atoms with Crippen LogP contribution in [-0.4, -0.2) is 29.8 Å². The van der Waals surface area contributed by atoms with E-state index in [4.69, 9.17) is 17.3 Å². The molecule has 0 unspecified atom stereocenters. The highest BCUT2D eigenvalue weighted by atomic mass is 35.5. The molecule has 0 spiro atoms. The molecule has 0 aliphatic rings. The summed E-state index contributed by atoms with van der Waals surface area (Å²) < 4.78 is 3.50. The van der Waals surface area contributed by atoms with Crippen LogP contribution in [0.4, 0.5) is 5.95 Å². The van der Waals surface area contributed by atoms with E-state index in [1.807, 2.05) is 30.5 Å². The molecule has 118 valence electrons. The third-order valence-electron chi connectivity index (χ3n) is 3.04. The highest BCUT2D eigenvalue weighted by molar-refractivity contribution is 7.98. The Morgan fingerprint density at radius 3 is 2.74 bits per heavy atom. The number of nitrogen functional groups attached to an aromatic ring is 1. The van der Waals surface area contributed by atoms with E-state index < -0.39 is 0 Å². The van der Waals surface area contributed by atoms with E-state index in [9.17, 15) is 0 Å². The van der Waals surface area contributed by atoms with Crippen LogP contribution in [0.15, 0.2) is 48.3 Å². The summed E-state index contributed by atoms with van der Waals surface area (Å²) >= 11 is 7.38. The average Bonchev–Trinajstić information content (AvgIpc) is 3.15. The number of rotatable bonds is 6. The number of hydrogen-bond donors (Lipinski definition) is 1. The van der Waals surface area contributed by atoms with Crippen LogP contribution in [0.1, 0.15) is 5.69 Å². The van der Waals surface area contributed by atoms with Gasteiger partial charge in [-0.25, -0.2) is 4.68 Å². The molecular weight excluding hydrogens is 334 g/mol. The highest BCUT2D eigenvalue weighted by Gasteiger charge is 2.10. The Labute approximate surface area is 142 Å².